The third kappa shape index (κ3) is 2.37. The van der Waals surface area contributed by atoms with Gasteiger partial charge in [-0.2, -0.15) is 0 Å². The molecule has 76 valence electrons. The maximum Gasteiger partial charge on any atom is 0.252 e. The van der Waals surface area contributed by atoms with Crippen molar-refractivity contribution in [2.24, 2.45) is 11.5 Å². The number of hydrogen-bond acceptors (Lipinski definition) is 4. The van der Waals surface area contributed by atoms with Crippen LogP contribution >= 0.6 is 0 Å². The van der Waals surface area contributed by atoms with E-state index in [-0.39, 0.29) is 11.3 Å². The van der Waals surface area contributed by atoms with Gasteiger partial charge >= 0.3 is 0 Å². The van der Waals surface area contributed by atoms with Crippen molar-refractivity contribution in [2.45, 2.75) is 0 Å². The molecule has 0 aliphatic rings. The van der Waals surface area contributed by atoms with Gasteiger partial charge in [0.15, 0.2) is 0 Å². The summed E-state index contributed by atoms with van der Waals surface area (Å²) in [7, 11) is 0. The van der Waals surface area contributed by atoms with Crippen molar-refractivity contribution in [3.8, 4) is 11.5 Å². The normalized spacial score (nSPS) is 9.79. The van der Waals surface area contributed by atoms with E-state index < -0.39 is 5.91 Å². The van der Waals surface area contributed by atoms with Gasteiger partial charge in [0.1, 0.15) is 18.1 Å². The predicted molar refractivity (Wildman–Crippen MR) is 51.2 cm³/mol. The summed E-state index contributed by atoms with van der Waals surface area (Å²) in [5, 5.41) is 9.25. The van der Waals surface area contributed by atoms with Crippen LogP contribution in [0.25, 0.3) is 0 Å². The average Bonchev–Trinajstić information content (AvgIpc) is 2.16. The molecule has 0 bridgehead atoms. The average molecular weight is 196 g/mol. The zero-order chi connectivity index (χ0) is 10.6. The molecule has 0 fully saturated rings. The lowest BCUT2D eigenvalue weighted by Gasteiger charge is -2.06. The molecule has 14 heavy (non-hydrogen) atoms. The van der Waals surface area contributed by atoms with E-state index in [9.17, 15) is 9.90 Å². The molecule has 0 heterocycles. The first kappa shape index (κ1) is 10.3. The van der Waals surface area contributed by atoms with Gasteiger partial charge in [-0.25, -0.2) is 0 Å². The lowest BCUT2D eigenvalue weighted by atomic mass is 10.2. The molecular weight excluding hydrogens is 184 g/mol. The largest absolute Gasteiger partial charge is 0.507 e. The first-order chi connectivity index (χ1) is 6.65. The Morgan fingerprint density at radius 1 is 1.50 bits per heavy atom. The molecule has 1 aromatic carbocycles. The minimum atomic E-state index is -0.694. The molecule has 1 aromatic rings. The molecule has 1 rings (SSSR count). The summed E-state index contributed by atoms with van der Waals surface area (Å²) in [5.41, 5.74) is 10.3. The standard InChI is InChI=1S/C9H12N2O3/c10-3-4-14-6-1-2-8(12)7(5-6)9(11)13/h1-2,5,12H,3-4,10H2,(H2,11,13). The smallest absolute Gasteiger partial charge is 0.252 e. The number of carbonyl (C=O) groups excluding carboxylic acids is 1. The molecule has 0 aliphatic heterocycles. The van der Waals surface area contributed by atoms with Gasteiger partial charge in [0.2, 0.25) is 0 Å². The van der Waals surface area contributed by atoms with E-state index in [0.29, 0.717) is 18.9 Å². The SMILES string of the molecule is NCCOc1ccc(O)c(C(N)=O)c1. The fraction of sp³-hybridized carbons (Fsp3) is 0.222. The van der Waals surface area contributed by atoms with Crippen molar-refractivity contribution >= 4 is 5.91 Å². The van der Waals surface area contributed by atoms with E-state index in [0.717, 1.165) is 0 Å². The number of amides is 1. The number of primary amides is 1. The van der Waals surface area contributed by atoms with Gasteiger partial charge in [-0.05, 0) is 18.2 Å². The van der Waals surface area contributed by atoms with Crippen LogP contribution in [0.5, 0.6) is 11.5 Å². The molecule has 0 unspecified atom stereocenters. The van der Waals surface area contributed by atoms with Gasteiger partial charge in [0, 0.05) is 6.54 Å². The van der Waals surface area contributed by atoms with Crippen LogP contribution in [0.2, 0.25) is 0 Å². The number of aromatic hydroxyl groups is 1. The second-order valence-corrected chi connectivity index (χ2v) is 2.68. The van der Waals surface area contributed by atoms with Crippen LogP contribution in [-0.2, 0) is 0 Å². The maximum absolute atomic E-state index is 10.8. The summed E-state index contributed by atoms with van der Waals surface area (Å²) in [4.78, 5) is 10.8. The molecule has 0 aromatic heterocycles. The highest BCUT2D eigenvalue weighted by Crippen LogP contribution is 2.22. The monoisotopic (exact) mass is 196 g/mol. The van der Waals surface area contributed by atoms with Gasteiger partial charge in [0.05, 0.1) is 5.56 Å². The predicted octanol–water partition coefficient (Wildman–Crippen LogP) is -0.171. The second-order valence-electron chi connectivity index (χ2n) is 2.68. The van der Waals surface area contributed by atoms with Crippen molar-refractivity contribution in [3.63, 3.8) is 0 Å². The van der Waals surface area contributed by atoms with Crippen molar-refractivity contribution in [1.82, 2.24) is 0 Å². The van der Waals surface area contributed by atoms with Gasteiger partial charge in [0.25, 0.3) is 5.91 Å². The Morgan fingerprint density at radius 3 is 2.79 bits per heavy atom. The van der Waals surface area contributed by atoms with Crippen LogP contribution in [0.3, 0.4) is 0 Å². The summed E-state index contributed by atoms with van der Waals surface area (Å²) in [6, 6.07) is 4.27. The van der Waals surface area contributed by atoms with Gasteiger partial charge in [-0.1, -0.05) is 0 Å². The molecule has 5 heteroatoms. The van der Waals surface area contributed by atoms with Crippen LogP contribution in [-0.4, -0.2) is 24.2 Å². The molecule has 0 atom stereocenters. The molecule has 0 radical (unpaired) electrons. The highest BCUT2D eigenvalue weighted by Gasteiger charge is 2.08. The fourth-order valence-electron chi connectivity index (χ4n) is 0.979. The maximum atomic E-state index is 10.8. The zero-order valence-electron chi connectivity index (χ0n) is 7.56. The molecule has 0 spiro atoms. The van der Waals surface area contributed by atoms with Crippen molar-refractivity contribution in [3.05, 3.63) is 23.8 Å². The molecule has 5 N–H and O–H groups in total. The Bertz CT molecular complexity index is 339. The number of rotatable bonds is 4. The molecular formula is C9H12N2O3. The second kappa shape index (κ2) is 4.48. The van der Waals surface area contributed by atoms with E-state index in [4.69, 9.17) is 16.2 Å². The number of benzene rings is 1. The Balaban J connectivity index is 2.89. The van der Waals surface area contributed by atoms with E-state index in [1.165, 1.54) is 18.2 Å². The Hall–Kier alpha value is -1.75. The minimum absolute atomic E-state index is 0.0412. The summed E-state index contributed by atoms with van der Waals surface area (Å²) in [6.45, 7) is 0.732. The van der Waals surface area contributed by atoms with Crippen molar-refractivity contribution < 1.29 is 14.6 Å². The molecule has 0 saturated carbocycles. The topological polar surface area (TPSA) is 98.6 Å². The number of nitrogens with two attached hydrogens (primary N) is 2. The third-order valence-electron chi connectivity index (χ3n) is 1.62. The summed E-state index contributed by atoms with van der Waals surface area (Å²) in [6.07, 6.45) is 0. The highest BCUT2D eigenvalue weighted by molar-refractivity contribution is 5.95. The summed E-state index contributed by atoms with van der Waals surface area (Å²) in [5.74, 6) is -0.389. The van der Waals surface area contributed by atoms with Crippen LogP contribution in [0.15, 0.2) is 18.2 Å². The first-order valence-corrected chi connectivity index (χ1v) is 4.11. The molecule has 1 amide bonds. The Kier molecular flexibility index (Phi) is 3.30. The van der Waals surface area contributed by atoms with Gasteiger partial charge < -0.3 is 21.3 Å². The summed E-state index contributed by atoms with van der Waals surface area (Å²) < 4.78 is 5.16. The fourth-order valence-corrected chi connectivity index (χ4v) is 0.979. The molecule has 5 nitrogen and oxygen atoms in total. The Labute approximate surface area is 81.3 Å². The van der Waals surface area contributed by atoms with Crippen LogP contribution in [0.1, 0.15) is 10.4 Å². The molecule has 0 aliphatic carbocycles. The van der Waals surface area contributed by atoms with Gasteiger partial charge in [-0.3, -0.25) is 4.79 Å². The summed E-state index contributed by atoms with van der Waals surface area (Å²) >= 11 is 0. The van der Waals surface area contributed by atoms with E-state index in [1.54, 1.807) is 0 Å². The van der Waals surface area contributed by atoms with Crippen molar-refractivity contribution in [2.75, 3.05) is 13.2 Å². The lowest BCUT2D eigenvalue weighted by molar-refractivity contribution is 0.0997. The number of carbonyl (C=O) groups is 1. The van der Waals surface area contributed by atoms with Crippen LogP contribution in [0, 0.1) is 0 Å². The first-order valence-electron chi connectivity index (χ1n) is 4.11. The minimum Gasteiger partial charge on any atom is -0.507 e. The Morgan fingerprint density at radius 2 is 2.21 bits per heavy atom. The van der Waals surface area contributed by atoms with Gasteiger partial charge in [-0.15, -0.1) is 0 Å². The third-order valence-corrected chi connectivity index (χ3v) is 1.62. The molecule has 0 saturated heterocycles. The quantitative estimate of drug-likeness (QED) is 0.622. The number of ether oxygens (including phenoxy) is 1. The van der Waals surface area contributed by atoms with Crippen LogP contribution in [0.4, 0.5) is 0 Å². The number of phenols is 1. The van der Waals surface area contributed by atoms with E-state index >= 15 is 0 Å². The number of hydrogen-bond donors (Lipinski definition) is 3. The zero-order valence-corrected chi connectivity index (χ0v) is 7.56. The highest BCUT2D eigenvalue weighted by atomic mass is 16.5. The van der Waals surface area contributed by atoms with Crippen molar-refractivity contribution in [1.29, 1.82) is 0 Å². The van der Waals surface area contributed by atoms with Crippen LogP contribution < -0.4 is 16.2 Å². The van der Waals surface area contributed by atoms with E-state index in [2.05, 4.69) is 0 Å². The lowest BCUT2D eigenvalue weighted by Crippen LogP contribution is -2.13. The van der Waals surface area contributed by atoms with E-state index in [1.807, 2.05) is 0 Å².